The molecule has 0 spiro atoms. The number of hydrogen-bond donors (Lipinski definition) is 2. The van der Waals surface area contributed by atoms with Crippen molar-refractivity contribution in [1.29, 1.82) is 0 Å². The van der Waals surface area contributed by atoms with Crippen molar-refractivity contribution < 1.29 is 4.79 Å². The number of nitrogens with two attached hydrogens (primary N) is 1. The SMILES string of the molecule is CCC(CC)(CC)NC(=O)c1ccncc1C#CCN. The number of nitrogens with zero attached hydrogens (tertiary/aromatic N) is 1. The Morgan fingerprint density at radius 1 is 1.35 bits per heavy atom. The molecule has 0 saturated heterocycles. The van der Waals surface area contributed by atoms with Gasteiger partial charge in [0.05, 0.1) is 17.7 Å². The second-order valence-corrected chi connectivity index (χ2v) is 4.72. The van der Waals surface area contributed by atoms with Crippen LogP contribution in [0.3, 0.4) is 0 Å². The molecule has 0 aliphatic carbocycles. The first-order valence-electron chi connectivity index (χ1n) is 7.07. The zero-order valence-electron chi connectivity index (χ0n) is 12.5. The second-order valence-electron chi connectivity index (χ2n) is 4.72. The van der Waals surface area contributed by atoms with E-state index in [1.54, 1.807) is 18.5 Å². The zero-order valence-corrected chi connectivity index (χ0v) is 12.5. The molecule has 4 heteroatoms. The molecule has 0 aliphatic heterocycles. The molecule has 108 valence electrons. The summed E-state index contributed by atoms with van der Waals surface area (Å²) in [6, 6.07) is 1.70. The van der Waals surface area contributed by atoms with Crippen LogP contribution in [0.15, 0.2) is 18.5 Å². The third-order valence-corrected chi connectivity index (χ3v) is 3.80. The van der Waals surface area contributed by atoms with Gasteiger partial charge in [0.15, 0.2) is 0 Å². The van der Waals surface area contributed by atoms with E-state index in [1.807, 2.05) is 0 Å². The molecule has 0 aliphatic rings. The normalized spacial score (nSPS) is 10.6. The number of aromatic nitrogens is 1. The van der Waals surface area contributed by atoms with Crippen molar-refractivity contribution in [3.05, 3.63) is 29.6 Å². The Kier molecular flexibility index (Phi) is 6.20. The Morgan fingerprint density at radius 2 is 2.00 bits per heavy atom. The molecule has 0 fully saturated rings. The average molecular weight is 273 g/mol. The molecule has 1 amide bonds. The molecule has 3 N–H and O–H groups in total. The number of carbonyl (C=O) groups is 1. The monoisotopic (exact) mass is 273 g/mol. The molecule has 0 unspecified atom stereocenters. The first-order valence-corrected chi connectivity index (χ1v) is 7.07. The molecule has 0 bridgehead atoms. The van der Waals surface area contributed by atoms with Crippen LogP contribution >= 0.6 is 0 Å². The van der Waals surface area contributed by atoms with Gasteiger partial charge in [-0.2, -0.15) is 0 Å². The third-order valence-electron chi connectivity index (χ3n) is 3.80. The Morgan fingerprint density at radius 3 is 2.55 bits per heavy atom. The van der Waals surface area contributed by atoms with Crippen LogP contribution in [0.25, 0.3) is 0 Å². The van der Waals surface area contributed by atoms with Gasteiger partial charge < -0.3 is 11.1 Å². The van der Waals surface area contributed by atoms with Gasteiger partial charge in [0.2, 0.25) is 0 Å². The molecule has 1 rings (SSSR count). The molecule has 0 saturated carbocycles. The fourth-order valence-electron chi connectivity index (χ4n) is 2.16. The second kappa shape index (κ2) is 7.66. The van der Waals surface area contributed by atoms with Gasteiger partial charge in [-0.1, -0.05) is 32.6 Å². The van der Waals surface area contributed by atoms with E-state index in [9.17, 15) is 4.79 Å². The smallest absolute Gasteiger partial charge is 0.253 e. The molecular weight excluding hydrogens is 250 g/mol. The predicted molar refractivity (Wildman–Crippen MR) is 81.2 cm³/mol. The minimum Gasteiger partial charge on any atom is -0.347 e. The molecule has 1 aromatic rings. The highest BCUT2D eigenvalue weighted by Gasteiger charge is 2.26. The van der Waals surface area contributed by atoms with E-state index in [0.29, 0.717) is 11.1 Å². The highest BCUT2D eigenvalue weighted by molar-refractivity contribution is 5.97. The predicted octanol–water partition coefficient (Wildman–Crippen LogP) is 2.09. The number of rotatable bonds is 5. The highest BCUT2D eigenvalue weighted by atomic mass is 16.1. The molecule has 0 radical (unpaired) electrons. The Balaban J connectivity index is 3.03. The maximum absolute atomic E-state index is 12.5. The van der Waals surface area contributed by atoms with E-state index in [-0.39, 0.29) is 18.0 Å². The van der Waals surface area contributed by atoms with Crippen molar-refractivity contribution in [1.82, 2.24) is 10.3 Å². The average Bonchev–Trinajstić information content (AvgIpc) is 2.51. The first-order chi connectivity index (χ1) is 9.62. The number of nitrogens with one attached hydrogen (secondary N) is 1. The van der Waals surface area contributed by atoms with Gasteiger partial charge >= 0.3 is 0 Å². The van der Waals surface area contributed by atoms with Crippen LogP contribution in [0, 0.1) is 11.8 Å². The van der Waals surface area contributed by atoms with Gasteiger partial charge in [-0.25, -0.2) is 0 Å². The Hall–Kier alpha value is -1.86. The Labute approximate surface area is 121 Å². The lowest BCUT2D eigenvalue weighted by atomic mass is 9.89. The van der Waals surface area contributed by atoms with E-state index < -0.39 is 0 Å². The number of hydrogen-bond acceptors (Lipinski definition) is 3. The molecule has 0 atom stereocenters. The third kappa shape index (κ3) is 3.82. The van der Waals surface area contributed by atoms with Crippen molar-refractivity contribution in [3.8, 4) is 11.8 Å². The molecule has 4 nitrogen and oxygen atoms in total. The molecule has 0 aromatic carbocycles. The highest BCUT2D eigenvalue weighted by Crippen LogP contribution is 2.20. The van der Waals surface area contributed by atoms with Crippen LogP contribution in [0.1, 0.15) is 56.0 Å². The number of pyridine rings is 1. The van der Waals surface area contributed by atoms with Gasteiger partial charge in [0.1, 0.15) is 0 Å². The summed E-state index contributed by atoms with van der Waals surface area (Å²) in [5.41, 5.74) is 6.39. The lowest BCUT2D eigenvalue weighted by molar-refractivity contribution is 0.0888. The van der Waals surface area contributed by atoms with Crippen LogP contribution in [0.5, 0.6) is 0 Å². The fourth-order valence-corrected chi connectivity index (χ4v) is 2.16. The molecule has 20 heavy (non-hydrogen) atoms. The van der Waals surface area contributed by atoms with Crippen molar-refractivity contribution in [2.24, 2.45) is 5.73 Å². The summed E-state index contributed by atoms with van der Waals surface area (Å²) in [6.45, 7) is 6.54. The topological polar surface area (TPSA) is 68.0 Å². The number of carbonyl (C=O) groups excluding carboxylic acids is 1. The van der Waals surface area contributed by atoms with Gasteiger partial charge in [0.25, 0.3) is 5.91 Å². The summed E-state index contributed by atoms with van der Waals surface area (Å²) in [5, 5.41) is 3.15. The van der Waals surface area contributed by atoms with Crippen LogP contribution in [-0.2, 0) is 0 Å². The van der Waals surface area contributed by atoms with E-state index in [2.05, 4.69) is 42.9 Å². The van der Waals surface area contributed by atoms with E-state index >= 15 is 0 Å². The van der Waals surface area contributed by atoms with Crippen molar-refractivity contribution in [2.75, 3.05) is 6.54 Å². The van der Waals surface area contributed by atoms with Crippen LogP contribution in [-0.4, -0.2) is 23.0 Å². The van der Waals surface area contributed by atoms with Gasteiger partial charge in [-0.3, -0.25) is 9.78 Å². The maximum atomic E-state index is 12.5. The van der Waals surface area contributed by atoms with Crippen LogP contribution in [0.2, 0.25) is 0 Å². The number of amides is 1. The summed E-state index contributed by atoms with van der Waals surface area (Å²) >= 11 is 0. The van der Waals surface area contributed by atoms with Crippen LogP contribution in [0.4, 0.5) is 0 Å². The lowest BCUT2D eigenvalue weighted by Crippen LogP contribution is -2.47. The Bertz CT molecular complexity index is 502. The van der Waals surface area contributed by atoms with Crippen molar-refractivity contribution in [3.63, 3.8) is 0 Å². The lowest BCUT2D eigenvalue weighted by Gasteiger charge is -2.32. The summed E-state index contributed by atoms with van der Waals surface area (Å²) in [7, 11) is 0. The maximum Gasteiger partial charge on any atom is 0.253 e. The van der Waals surface area contributed by atoms with Gasteiger partial charge in [-0.05, 0) is 25.3 Å². The van der Waals surface area contributed by atoms with Gasteiger partial charge in [0, 0.05) is 17.9 Å². The zero-order chi connectivity index (χ0) is 15.0. The quantitative estimate of drug-likeness (QED) is 0.807. The summed E-state index contributed by atoms with van der Waals surface area (Å²) in [4.78, 5) is 16.5. The fraction of sp³-hybridized carbons (Fsp3) is 0.500. The minimum absolute atomic E-state index is 0.0979. The summed E-state index contributed by atoms with van der Waals surface area (Å²) in [5.74, 6) is 5.56. The van der Waals surface area contributed by atoms with Crippen LogP contribution < -0.4 is 11.1 Å². The van der Waals surface area contributed by atoms with Gasteiger partial charge in [-0.15, -0.1) is 0 Å². The first kappa shape index (κ1) is 16.2. The minimum atomic E-state index is -0.154. The van der Waals surface area contributed by atoms with E-state index in [4.69, 9.17) is 5.73 Å². The van der Waals surface area contributed by atoms with E-state index in [0.717, 1.165) is 19.3 Å². The summed E-state index contributed by atoms with van der Waals surface area (Å²) < 4.78 is 0. The van der Waals surface area contributed by atoms with Crippen molar-refractivity contribution >= 4 is 5.91 Å². The molecule has 1 heterocycles. The van der Waals surface area contributed by atoms with Crippen molar-refractivity contribution in [2.45, 2.75) is 45.6 Å². The largest absolute Gasteiger partial charge is 0.347 e. The summed E-state index contributed by atoms with van der Waals surface area (Å²) in [6.07, 6.45) is 5.92. The van der Waals surface area contributed by atoms with E-state index in [1.165, 1.54) is 0 Å². The molecule has 1 aromatic heterocycles. The standard InChI is InChI=1S/C16H23N3O/c1-4-16(5-2,6-3)19-15(20)14-9-11-18-12-13(14)8-7-10-17/h9,11-12H,4-6,10,17H2,1-3H3,(H,19,20). The molecular formula is C16H23N3O.